The normalized spacial score (nSPS) is 21.2. The number of fused-ring (bicyclic) bond motifs is 1. The molecule has 4 aromatic carbocycles. The van der Waals surface area contributed by atoms with Gasteiger partial charge in [-0.25, -0.2) is 4.79 Å². The van der Waals surface area contributed by atoms with Gasteiger partial charge in [-0.2, -0.15) is 0 Å². The molecule has 1 aromatic heterocycles. The lowest BCUT2D eigenvalue weighted by Gasteiger charge is -2.47. The highest BCUT2D eigenvalue weighted by Crippen LogP contribution is 2.34. The first-order valence-corrected chi connectivity index (χ1v) is 17.3. The number of carbonyl (C=O) groups excluding carboxylic acids is 1. The van der Waals surface area contributed by atoms with Crippen LogP contribution in [0.3, 0.4) is 0 Å². The van der Waals surface area contributed by atoms with Crippen LogP contribution in [0, 0.1) is 0 Å². The Hall–Kier alpha value is -4.64. The van der Waals surface area contributed by atoms with Gasteiger partial charge in [-0.3, -0.25) is 4.98 Å². The number of aromatic nitrogens is 1. The molecule has 0 unspecified atom stereocenters. The van der Waals surface area contributed by atoms with Crippen molar-refractivity contribution in [3.8, 4) is 0 Å². The second-order valence-corrected chi connectivity index (χ2v) is 13.5. The number of nitrogens with zero attached hydrogens (tertiary/aromatic N) is 1. The van der Waals surface area contributed by atoms with Crippen molar-refractivity contribution in [2.24, 2.45) is 0 Å². The van der Waals surface area contributed by atoms with Gasteiger partial charge in [-0.05, 0) is 49.6 Å². The molecule has 9 heteroatoms. The van der Waals surface area contributed by atoms with Gasteiger partial charge in [0.15, 0.2) is 12.3 Å². The van der Waals surface area contributed by atoms with E-state index in [0.717, 1.165) is 22.1 Å². The molecule has 1 aliphatic heterocycles. The van der Waals surface area contributed by atoms with E-state index < -0.39 is 48.3 Å². The zero-order valence-corrected chi connectivity index (χ0v) is 29.5. The number of nitrogens with one attached hydrogen (secondary N) is 1. The largest absolute Gasteiger partial charge is 0.458 e. The Morgan fingerprint density at radius 2 is 1.24 bits per heavy atom. The van der Waals surface area contributed by atoms with Gasteiger partial charge in [0.05, 0.1) is 31.0 Å². The topological polar surface area (TPSA) is 97.4 Å². The maximum absolute atomic E-state index is 14.3. The Morgan fingerprint density at radius 3 is 1.78 bits per heavy atom. The number of pyridine rings is 1. The molecule has 266 valence electrons. The van der Waals surface area contributed by atoms with E-state index in [1.54, 1.807) is 13.3 Å². The number of para-hydroxylation sites is 1. The van der Waals surface area contributed by atoms with Crippen molar-refractivity contribution < 1.29 is 33.2 Å². The zero-order valence-electron chi connectivity index (χ0n) is 29.5. The van der Waals surface area contributed by atoms with E-state index in [1.165, 1.54) is 0 Å². The molecule has 1 N–H and O–H groups in total. The quantitative estimate of drug-likeness (QED) is 0.119. The predicted molar refractivity (Wildman–Crippen MR) is 196 cm³/mol. The minimum absolute atomic E-state index is 0.233. The highest BCUT2D eigenvalue weighted by molar-refractivity contribution is 5.92. The Kier molecular flexibility index (Phi) is 12.1. The summed E-state index contributed by atoms with van der Waals surface area (Å²) in [6, 6.07) is 38.2. The fraction of sp³-hybridized carbons (Fsp3) is 0.333. The standard InChI is InChI=1S/C42H46N2O7/c1-42(2,3)51-40(45)35(44-33-24-14-22-32-23-15-25-43-34(32)33)36-37(47-26-29-16-8-5-9-17-29)38(48-27-30-18-10-6-11-19-30)39(41(46-4)50-36)49-28-31-20-12-7-13-21-31/h5-25,35-39,41,44H,26-28H2,1-4H3/t35-,36-,37-,38-,39+,41-/m0/s1. The number of hydrogen-bond donors (Lipinski definition) is 1. The highest BCUT2D eigenvalue weighted by Gasteiger charge is 2.53. The second kappa shape index (κ2) is 17.0. The zero-order chi connectivity index (χ0) is 35.6. The summed E-state index contributed by atoms with van der Waals surface area (Å²) in [7, 11) is 1.56. The molecule has 0 amide bonds. The molecule has 2 heterocycles. The molecule has 0 aliphatic carbocycles. The van der Waals surface area contributed by atoms with E-state index in [0.29, 0.717) is 11.2 Å². The minimum atomic E-state index is -1.06. The van der Waals surface area contributed by atoms with Crippen molar-refractivity contribution in [1.82, 2.24) is 4.98 Å². The molecule has 0 spiro atoms. The van der Waals surface area contributed by atoms with E-state index in [4.69, 9.17) is 28.4 Å². The first-order chi connectivity index (χ1) is 24.8. The monoisotopic (exact) mass is 690 g/mol. The van der Waals surface area contributed by atoms with Crippen molar-refractivity contribution in [2.75, 3.05) is 12.4 Å². The summed E-state index contributed by atoms with van der Waals surface area (Å²) in [5, 5.41) is 4.38. The summed E-state index contributed by atoms with van der Waals surface area (Å²) < 4.78 is 39.0. The van der Waals surface area contributed by atoms with E-state index in [-0.39, 0.29) is 19.8 Å². The van der Waals surface area contributed by atoms with Crippen LogP contribution in [0.2, 0.25) is 0 Å². The van der Waals surface area contributed by atoms with Gasteiger partial charge in [0.25, 0.3) is 0 Å². The molecular formula is C42H46N2O7. The summed E-state index contributed by atoms with van der Waals surface area (Å²) >= 11 is 0. The Labute approximate surface area is 299 Å². The number of esters is 1. The third-order valence-corrected chi connectivity index (χ3v) is 8.55. The number of benzene rings is 4. The fourth-order valence-corrected chi connectivity index (χ4v) is 6.18. The van der Waals surface area contributed by atoms with Crippen LogP contribution in [0.5, 0.6) is 0 Å². The molecule has 0 saturated carbocycles. The lowest BCUT2D eigenvalue weighted by molar-refractivity contribution is -0.319. The number of rotatable bonds is 14. The van der Waals surface area contributed by atoms with Crippen molar-refractivity contribution in [2.45, 2.75) is 82.9 Å². The molecule has 1 saturated heterocycles. The maximum Gasteiger partial charge on any atom is 0.331 e. The van der Waals surface area contributed by atoms with Gasteiger partial charge >= 0.3 is 5.97 Å². The smallest absolute Gasteiger partial charge is 0.331 e. The van der Waals surface area contributed by atoms with E-state index in [1.807, 2.05) is 142 Å². The van der Waals surface area contributed by atoms with Crippen molar-refractivity contribution in [3.63, 3.8) is 0 Å². The molecule has 0 bridgehead atoms. The molecule has 6 rings (SSSR count). The van der Waals surface area contributed by atoms with Gasteiger partial charge in [0, 0.05) is 18.7 Å². The predicted octanol–water partition coefficient (Wildman–Crippen LogP) is 7.48. The average Bonchev–Trinajstić information content (AvgIpc) is 3.15. The molecule has 0 radical (unpaired) electrons. The number of methoxy groups -OCH3 is 1. The van der Waals surface area contributed by atoms with Crippen LogP contribution >= 0.6 is 0 Å². The summed E-state index contributed by atoms with van der Waals surface area (Å²) in [5.74, 6) is -0.519. The SMILES string of the molecule is CO[C@H]1O[C@@H]([C@H](Nc2cccc3cccnc23)C(=O)OC(C)(C)C)[C@H](OCc2ccccc2)[C@H](OCc2ccccc2)[C@H]1OCc1ccccc1. The third-order valence-electron chi connectivity index (χ3n) is 8.55. The average molecular weight is 691 g/mol. The molecule has 1 aliphatic rings. The van der Waals surface area contributed by atoms with Crippen LogP contribution in [0.4, 0.5) is 5.69 Å². The van der Waals surface area contributed by atoms with Gasteiger partial charge in [0.1, 0.15) is 30.0 Å². The lowest BCUT2D eigenvalue weighted by Crippen LogP contribution is -2.65. The molecule has 5 aromatic rings. The molecule has 9 nitrogen and oxygen atoms in total. The van der Waals surface area contributed by atoms with E-state index in [2.05, 4.69) is 10.3 Å². The number of carbonyl (C=O) groups is 1. The number of anilines is 1. The molecule has 51 heavy (non-hydrogen) atoms. The number of hydrogen-bond acceptors (Lipinski definition) is 9. The van der Waals surface area contributed by atoms with Crippen LogP contribution < -0.4 is 5.32 Å². The number of ether oxygens (including phenoxy) is 6. The Morgan fingerprint density at radius 1 is 0.706 bits per heavy atom. The van der Waals surface area contributed by atoms with Crippen LogP contribution in [0.25, 0.3) is 10.9 Å². The molecule has 1 fully saturated rings. The highest BCUT2D eigenvalue weighted by atomic mass is 16.7. The Bertz CT molecular complexity index is 1810. The van der Waals surface area contributed by atoms with E-state index >= 15 is 0 Å². The maximum atomic E-state index is 14.3. The fourth-order valence-electron chi connectivity index (χ4n) is 6.18. The third kappa shape index (κ3) is 9.58. The van der Waals surface area contributed by atoms with Crippen LogP contribution in [-0.4, -0.2) is 60.4 Å². The van der Waals surface area contributed by atoms with Gasteiger partial charge in [0.2, 0.25) is 0 Å². The van der Waals surface area contributed by atoms with Crippen molar-refractivity contribution in [1.29, 1.82) is 0 Å². The van der Waals surface area contributed by atoms with Crippen molar-refractivity contribution >= 4 is 22.6 Å². The Balaban J connectivity index is 1.42. The van der Waals surface area contributed by atoms with Crippen molar-refractivity contribution in [3.05, 3.63) is 144 Å². The summed E-state index contributed by atoms with van der Waals surface area (Å²) in [6.45, 7) is 6.29. The first kappa shape index (κ1) is 36.2. The lowest BCUT2D eigenvalue weighted by atomic mass is 9.92. The summed E-state index contributed by atoms with van der Waals surface area (Å²) in [6.07, 6.45) is -2.44. The van der Waals surface area contributed by atoms with Crippen LogP contribution in [0.15, 0.2) is 128 Å². The summed E-state index contributed by atoms with van der Waals surface area (Å²) in [5.41, 5.74) is 3.47. The second-order valence-electron chi connectivity index (χ2n) is 13.5. The molecular weight excluding hydrogens is 644 g/mol. The van der Waals surface area contributed by atoms with Gasteiger partial charge in [-0.15, -0.1) is 0 Å². The summed E-state index contributed by atoms with van der Waals surface area (Å²) in [4.78, 5) is 19.0. The van der Waals surface area contributed by atoms with Gasteiger partial charge in [-0.1, -0.05) is 109 Å². The van der Waals surface area contributed by atoms with Crippen LogP contribution in [0.1, 0.15) is 37.5 Å². The first-order valence-electron chi connectivity index (χ1n) is 17.3. The minimum Gasteiger partial charge on any atom is -0.458 e. The van der Waals surface area contributed by atoms with Crippen LogP contribution in [-0.2, 0) is 53.0 Å². The molecule has 6 atom stereocenters. The van der Waals surface area contributed by atoms with E-state index in [9.17, 15) is 4.79 Å². The van der Waals surface area contributed by atoms with Gasteiger partial charge < -0.3 is 33.7 Å².